The summed E-state index contributed by atoms with van der Waals surface area (Å²) in [5, 5.41) is 3.07. The molecular weight excluding hydrogens is 218 g/mol. The Kier molecular flexibility index (Phi) is 2.08. The van der Waals surface area contributed by atoms with Crippen molar-refractivity contribution in [2.75, 3.05) is 5.73 Å². The predicted octanol–water partition coefficient (Wildman–Crippen LogP) is 2.94. The lowest BCUT2D eigenvalue weighted by Crippen LogP contribution is -1.96. The highest BCUT2D eigenvalue weighted by Gasteiger charge is 2.08. The Morgan fingerprint density at radius 1 is 1.00 bits per heavy atom. The molecule has 0 saturated carbocycles. The zero-order valence-electron chi connectivity index (χ0n) is 8.42. The molecule has 0 spiro atoms. The average molecular weight is 227 g/mol. The third-order valence-electron chi connectivity index (χ3n) is 2.39. The van der Waals surface area contributed by atoms with Gasteiger partial charge in [-0.15, -0.1) is 11.3 Å². The van der Waals surface area contributed by atoms with Crippen molar-refractivity contribution in [3.63, 3.8) is 0 Å². The van der Waals surface area contributed by atoms with Gasteiger partial charge in [-0.25, -0.2) is 9.97 Å². The van der Waals surface area contributed by atoms with Crippen LogP contribution in [0.1, 0.15) is 0 Å². The van der Waals surface area contributed by atoms with Gasteiger partial charge in [-0.05, 0) is 11.4 Å². The molecule has 3 rings (SSSR count). The maximum absolute atomic E-state index is 5.71. The minimum Gasteiger partial charge on any atom is -0.368 e. The van der Waals surface area contributed by atoms with E-state index in [9.17, 15) is 0 Å². The van der Waals surface area contributed by atoms with Crippen LogP contribution in [-0.2, 0) is 0 Å². The minimum absolute atomic E-state index is 0.328. The highest BCUT2D eigenvalue weighted by molar-refractivity contribution is 7.16. The summed E-state index contributed by atoms with van der Waals surface area (Å²) in [4.78, 5) is 9.46. The summed E-state index contributed by atoms with van der Waals surface area (Å²) >= 11 is 1.58. The second kappa shape index (κ2) is 3.57. The van der Waals surface area contributed by atoms with Gasteiger partial charge in [0.05, 0.1) is 5.69 Å². The van der Waals surface area contributed by atoms with Gasteiger partial charge in [0.1, 0.15) is 4.83 Å². The maximum Gasteiger partial charge on any atom is 0.221 e. The van der Waals surface area contributed by atoms with Gasteiger partial charge < -0.3 is 5.73 Å². The average Bonchev–Trinajstić information content (AvgIpc) is 2.77. The standard InChI is InChI=1S/C12H9N3S/c13-12-14-10(8-4-2-1-3-5-8)9-6-7-16-11(9)15-12/h1-7H,(H2,13,14,15). The lowest BCUT2D eigenvalue weighted by molar-refractivity contribution is 1.25. The first-order valence-electron chi connectivity index (χ1n) is 4.91. The summed E-state index contributed by atoms with van der Waals surface area (Å²) in [6.07, 6.45) is 0. The third-order valence-corrected chi connectivity index (χ3v) is 3.20. The fourth-order valence-corrected chi connectivity index (χ4v) is 2.46. The van der Waals surface area contributed by atoms with Crippen LogP contribution in [0, 0.1) is 0 Å². The molecule has 0 aliphatic carbocycles. The van der Waals surface area contributed by atoms with Gasteiger partial charge in [0.15, 0.2) is 0 Å². The molecule has 16 heavy (non-hydrogen) atoms. The first-order chi connectivity index (χ1) is 7.84. The zero-order valence-corrected chi connectivity index (χ0v) is 9.24. The van der Waals surface area contributed by atoms with E-state index in [1.165, 1.54) is 0 Å². The zero-order chi connectivity index (χ0) is 11.0. The first kappa shape index (κ1) is 9.30. The van der Waals surface area contributed by atoms with Gasteiger partial charge in [-0.2, -0.15) is 0 Å². The van der Waals surface area contributed by atoms with E-state index >= 15 is 0 Å². The molecule has 0 bridgehead atoms. The highest BCUT2D eigenvalue weighted by atomic mass is 32.1. The van der Waals surface area contributed by atoms with Crippen molar-refractivity contribution >= 4 is 27.5 Å². The second-order valence-corrected chi connectivity index (χ2v) is 4.33. The minimum atomic E-state index is 0.328. The number of fused-ring (bicyclic) bond motifs is 1. The number of hydrogen-bond acceptors (Lipinski definition) is 4. The van der Waals surface area contributed by atoms with Gasteiger partial charge in [0.2, 0.25) is 5.95 Å². The Morgan fingerprint density at radius 3 is 2.62 bits per heavy atom. The molecule has 0 atom stereocenters. The molecule has 2 heterocycles. The number of aromatic nitrogens is 2. The molecule has 4 heteroatoms. The SMILES string of the molecule is Nc1nc(-c2ccccc2)c2ccsc2n1. The van der Waals surface area contributed by atoms with Crippen LogP contribution in [0.25, 0.3) is 21.5 Å². The normalized spacial score (nSPS) is 10.8. The third kappa shape index (κ3) is 1.44. The lowest BCUT2D eigenvalue weighted by Gasteiger charge is -2.03. The summed E-state index contributed by atoms with van der Waals surface area (Å²) < 4.78 is 0. The molecule has 0 amide bonds. The van der Waals surface area contributed by atoms with E-state index in [-0.39, 0.29) is 0 Å². The maximum atomic E-state index is 5.71. The number of anilines is 1. The molecule has 3 nitrogen and oxygen atoms in total. The summed E-state index contributed by atoms with van der Waals surface area (Å²) in [5.74, 6) is 0.328. The van der Waals surface area contributed by atoms with Crippen LogP contribution in [0.15, 0.2) is 41.8 Å². The van der Waals surface area contributed by atoms with Crippen molar-refractivity contribution < 1.29 is 0 Å². The molecule has 3 aromatic rings. The molecule has 78 valence electrons. The number of hydrogen-bond donors (Lipinski definition) is 1. The van der Waals surface area contributed by atoms with Crippen LogP contribution in [0.2, 0.25) is 0 Å². The Morgan fingerprint density at radius 2 is 1.81 bits per heavy atom. The van der Waals surface area contributed by atoms with Crippen molar-refractivity contribution in [1.82, 2.24) is 9.97 Å². The van der Waals surface area contributed by atoms with E-state index < -0.39 is 0 Å². The quantitative estimate of drug-likeness (QED) is 0.695. The summed E-state index contributed by atoms with van der Waals surface area (Å²) in [6.45, 7) is 0. The van der Waals surface area contributed by atoms with Gasteiger partial charge in [-0.1, -0.05) is 30.3 Å². The number of rotatable bonds is 1. The monoisotopic (exact) mass is 227 g/mol. The predicted molar refractivity (Wildman–Crippen MR) is 67.3 cm³/mol. The van der Waals surface area contributed by atoms with E-state index in [0.29, 0.717) is 5.95 Å². The first-order valence-corrected chi connectivity index (χ1v) is 5.79. The van der Waals surface area contributed by atoms with Crippen molar-refractivity contribution in [3.05, 3.63) is 41.8 Å². The van der Waals surface area contributed by atoms with E-state index in [1.807, 2.05) is 41.8 Å². The fraction of sp³-hybridized carbons (Fsp3) is 0. The van der Waals surface area contributed by atoms with Gasteiger partial charge >= 0.3 is 0 Å². The molecule has 0 saturated heterocycles. The molecule has 0 aliphatic heterocycles. The van der Waals surface area contributed by atoms with Crippen LogP contribution in [0.3, 0.4) is 0 Å². The van der Waals surface area contributed by atoms with Crippen LogP contribution >= 0.6 is 11.3 Å². The van der Waals surface area contributed by atoms with Crippen molar-refractivity contribution in [3.8, 4) is 11.3 Å². The van der Waals surface area contributed by atoms with Crippen molar-refractivity contribution in [1.29, 1.82) is 0 Å². The fourth-order valence-electron chi connectivity index (χ4n) is 1.69. The molecular formula is C12H9N3S. The van der Waals surface area contributed by atoms with Crippen LogP contribution in [-0.4, -0.2) is 9.97 Å². The van der Waals surface area contributed by atoms with E-state index in [2.05, 4.69) is 9.97 Å². The largest absolute Gasteiger partial charge is 0.368 e. The molecule has 2 aromatic heterocycles. The molecule has 0 radical (unpaired) electrons. The number of nitrogens with zero attached hydrogens (tertiary/aromatic N) is 2. The van der Waals surface area contributed by atoms with Crippen molar-refractivity contribution in [2.45, 2.75) is 0 Å². The van der Waals surface area contributed by atoms with Gasteiger partial charge in [-0.3, -0.25) is 0 Å². The van der Waals surface area contributed by atoms with E-state index in [0.717, 1.165) is 21.5 Å². The Balaban J connectivity index is 2.34. The van der Waals surface area contributed by atoms with Crippen LogP contribution in [0.5, 0.6) is 0 Å². The number of nitrogens with two attached hydrogens (primary N) is 1. The Labute approximate surface area is 96.6 Å². The highest BCUT2D eigenvalue weighted by Crippen LogP contribution is 2.29. The molecule has 2 N–H and O–H groups in total. The molecule has 0 aliphatic rings. The summed E-state index contributed by atoms with van der Waals surface area (Å²) in [7, 11) is 0. The molecule has 0 unspecified atom stereocenters. The van der Waals surface area contributed by atoms with Crippen LogP contribution in [0.4, 0.5) is 5.95 Å². The summed E-state index contributed by atoms with van der Waals surface area (Å²) in [6, 6.07) is 12.1. The van der Waals surface area contributed by atoms with Crippen LogP contribution < -0.4 is 5.73 Å². The summed E-state index contributed by atoms with van der Waals surface area (Å²) in [5.41, 5.74) is 7.68. The molecule has 0 fully saturated rings. The van der Waals surface area contributed by atoms with Gasteiger partial charge in [0, 0.05) is 10.9 Å². The van der Waals surface area contributed by atoms with Crippen molar-refractivity contribution in [2.24, 2.45) is 0 Å². The van der Waals surface area contributed by atoms with Gasteiger partial charge in [0.25, 0.3) is 0 Å². The Bertz CT molecular complexity index is 631. The second-order valence-electron chi connectivity index (χ2n) is 3.44. The van der Waals surface area contributed by atoms with E-state index in [4.69, 9.17) is 5.73 Å². The topological polar surface area (TPSA) is 51.8 Å². The number of thiophene rings is 1. The van der Waals surface area contributed by atoms with E-state index in [1.54, 1.807) is 11.3 Å². The lowest BCUT2D eigenvalue weighted by atomic mass is 10.1. The Hall–Kier alpha value is -1.94. The number of benzene rings is 1. The number of nitrogen functional groups attached to an aromatic ring is 1. The molecule has 1 aromatic carbocycles. The smallest absolute Gasteiger partial charge is 0.221 e.